The minimum Gasteiger partial charge on any atom is -0.501 e. The summed E-state index contributed by atoms with van der Waals surface area (Å²) in [6, 6.07) is 2.65. The van der Waals surface area contributed by atoms with Gasteiger partial charge in [-0.25, -0.2) is 0 Å². The fourth-order valence-corrected chi connectivity index (χ4v) is 4.58. The third kappa shape index (κ3) is 3.93. The van der Waals surface area contributed by atoms with Gasteiger partial charge in [-0.3, -0.25) is 24.6 Å². The molecule has 1 aliphatic heterocycles. The van der Waals surface area contributed by atoms with Crippen LogP contribution in [0.5, 0.6) is 5.75 Å². The fraction of sp³-hybridized carbons (Fsp3) is 0.412. The lowest BCUT2D eigenvalue weighted by molar-refractivity contribution is -0.386. The molecule has 2 fully saturated rings. The summed E-state index contributed by atoms with van der Waals surface area (Å²) in [5.41, 5.74) is -0.100. The van der Waals surface area contributed by atoms with Crippen molar-refractivity contribution in [1.29, 1.82) is 0 Å². The monoisotopic (exact) mass is 440 g/mol. The molecule has 0 radical (unpaired) electrons. The molecule has 0 spiro atoms. The molecule has 3 rings (SSSR count). The lowest BCUT2D eigenvalue weighted by atomic mass is 9.89. The van der Waals surface area contributed by atoms with Crippen LogP contribution in [0.15, 0.2) is 21.5 Å². The van der Waals surface area contributed by atoms with Crippen LogP contribution in [0, 0.1) is 16.0 Å². The summed E-state index contributed by atoms with van der Waals surface area (Å²) in [5.74, 6) is -0.490. The number of imide groups is 1. The van der Waals surface area contributed by atoms with Gasteiger partial charge in [-0.1, -0.05) is 19.3 Å². The zero-order valence-electron chi connectivity index (χ0n) is 13.8. The third-order valence-electron chi connectivity index (χ3n) is 4.60. The smallest absolute Gasteiger partial charge is 0.312 e. The highest BCUT2D eigenvalue weighted by Crippen LogP contribution is 2.38. The summed E-state index contributed by atoms with van der Waals surface area (Å²) < 4.78 is 0.152. The first kappa shape index (κ1) is 18.9. The summed E-state index contributed by atoms with van der Waals surface area (Å²) in [6.07, 6.45) is 6.95. The topological polar surface area (TPSA) is 101 Å². The molecule has 2 aliphatic rings. The molecule has 1 aromatic rings. The summed E-state index contributed by atoms with van der Waals surface area (Å²) >= 11 is 3.91. The van der Waals surface area contributed by atoms with Gasteiger partial charge in [0.15, 0.2) is 0 Å². The number of benzene rings is 1. The molecule has 26 heavy (non-hydrogen) atoms. The maximum Gasteiger partial charge on any atom is 0.312 e. The van der Waals surface area contributed by atoms with E-state index in [9.17, 15) is 24.8 Å². The minimum atomic E-state index is -0.702. The van der Waals surface area contributed by atoms with Crippen LogP contribution in [0.25, 0.3) is 6.08 Å². The summed E-state index contributed by atoms with van der Waals surface area (Å²) in [7, 11) is 0. The van der Waals surface area contributed by atoms with Gasteiger partial charge in [-0.2, -0.15) is 0 Å². The average Bonchev–Trinajstić information content (AvgIpc) is 2.86. The maximum absolute atomic E-state index is 12.6. The summed E-state index contributed by atoms with van der Waals surface area (Å²) in [4.78, 5) is 36.6. The molecule has 7 nitrogen and oxygen atoms in total. The molecular formula is C17H17BrN2O5S. The second-order valence-corrected chi connectivity index (χ2v) is 8.27. The molecule has 1 aromatic carbocycles. The van der Waals surface area contributed by atoms with Gasteiger partial charge in [-0.15, -0.1) is 0 Å². The van der Waals surface area contributed by atoms with Gasteiger partial charge >= 0.3 is 5.69 Å². The molecule has 9 heteroatoms. The van der Waals surface area contributed by atoms with E-state index < -0.39 is 16.4 Å². The molecule has 0 unspecified atom stereocenters. The first-order valence-electron chi connectivity index (χ1n) is 8.29. The Balaban J connectivity index is 1.82. The van der Waals surface area contributed by atoms with Crippen LogP contribution >= 0.6 is 27.7 Å². The average molecular weight is 441 g/mol. The van der Waals surface area contributed by atoms with Crippen molar-refractivity contribution in [2.45, 2.75) is 32.1 Å². The van der Waals surface area contributed by atoms with Crippen molar-refractivity contribution in [1.82, 2.24) is 4.90 Å². The normalized spacial score (nSPS) is 20.2. The lowest BCUT2D eigenvalue weighted by Crippen LogP contribution is -2.34. The number of rotatable bonds is 4. The van der Waals surface area contributed by atoms with E-state index in [-0.39, 0.29) is 20.5 Å². The van der Waals surface area contributed by atoms with Gasteiger partial charge in [0.05, 0.1) is 14.3 Å². The Morgan fingerprint density at radius 2 is 2.00 bits per heavy atom. The Labute approximate surface area is 162 Å². The lowest BCUT2D eigenvalue weighted by Gasteiger charge is -2.25. The standard InChI is InChI=1S/C17H17BrN2O5S/c18-12-6-11(7-13(15(12)21)20(24)25)8-14-16(22)19(17(23)26-14)9-10-4-2-1-3-5-10/h6-8,10,21H,1-5,9H2/b14-8+. The fourth-order valence-electron chi connectivity index (χ4n) is 3.26. The number of carbonyl (C=O) groups excluding carboxylic acids is 2. The van der Waals surface area contributed by atoms with Gasteiger partial charge in [0.1, 0.15) is 0 Å². The number of hydrogen-bond acceptors (Lipinski definition) is 6. The predicted molar refractivity (Wildman–Crippen MR) is 102 cm³/mol. The number of nitro benzene ring substituents is 1. The first-order chi connectivity index (χ1) is 12.4. The third-order valence-corrected chi connectivity index (χ3v) is 6.11. The Morgan fingerprint density at radius 1 is 1.31 bits per heavy atom. The van der Waals surface area contributed by atoms with Crippen molar-refractivity contribution in [3.05, 3.63) is 37.2 Å². The molecule has 1 N–H and O–H groups in total. The Bertz CT molecular complexity index is 805. The van der Waals surface area contributed by atoms with E-state index in [2.05, 4.69) is 15.9 Å². The highest BCUT2D eigenvalue weighted by molar-refractivity contribution is 9.10. The van der Waals surface area contributed by atoms with Crippen molar-refractivity contribution in [3.63, 3.8) is 0 Å². The van der Waals surface area contributed by atoms with Crippen molar-refractivity contribution in [2.24, 2.45) is 5.92 Å². The van der Waals surface area contributed by atoms with Gasteiger partial charge in [-0.05, 0) is 64.2 Å². The Morgan fingerprint density at radius 3 is 2.65 bits per heavy atom. The van der Waals surface area contributed by atoms with Crippen molar-refractivity contribution >= 4 is 50.6 Å². The van der Waals surface area contributed by atoms with Crippen LogP contribution in [-0.2, 0) is 4.79 Å². The first-order valence-corrected chi connectivity index (χ1v) is 9.90. The summed E-state index contributed by atoms with van der Waals surface area (Å²) in [6.45, 7) is 0.432. The SMILES string of the molecule is O=C1S/C(=C/c2cc(Br)c(O)c([N+](=O)[O-])c2)C(=O)N1CC1CCCCC1. The van der Waals surface area contributed by atoms with Gasteiger partial charge in [0, 0.05) is 12.6 Å². The second-order valence-electron chi connectivity index (χ2n) is 6.42. The molecule has 0 aromatic heterocycles. The maximum atomic E-state index is 12.6. The van der Waals surface area contributed by atoms with E-state index in [1.54, 1.807) is 0 Å². The Kier molecular flexibility index (Phi) is 5.67. The Hall–Kier alpha value is -1.87. The van der Waals surface area contributed by atoms with E-state index in [1.165, 1.54) is 29.5 Å². The van der Waals surface area contributed by atoms with Crippen LogP contribution in [0.2, 0.25) is 0 Å². The van der Waals surface area contributed by atoms with Crippen molar-refractivity contribution in [3.8, 4) is 5.75 Å². The number of aromatic hydroxyl groups is 1. The van der Waals surface area contributed by atoms with Crippen LogP contribution < -0.4 is 0 Å². The number of carbonyl (C=O) groups is 2. The molecule has 1 heterocycles. The molecule has 1 saturated carbocycles. The number of phenols is 1. The van der Waals surface area contributed by atoms with Crippen LogP contribution in [0.3, 0.4) is 0 Å². The highest BCUT2D eigenvalue weighted by atomic mass is 79.9. The number of halogens is 1. The van der Waals surface area contributed by atoms with Gasteiger partial charge in [0.2, 0.25) is 5.75 Å². The number of nitro groups is 1. The predicted octanol–water partition coefficient (Wildman–Crippen LogP) is 4.68. The second kappa shape index (κ2) is 7.79. The molecule has 0 bridgehead atoms. The number of phenolic OH excluding ortho intramolecular Hbond substituents is 1. The van der Waals surface area contributed by atoms with Crippen molar-refractivity contribution < 1.29 is 19.6 Å². The van der Waals surface area contributed by atoms with E-state index in [1.807, 2.05) is 0 Å². The van der Waals surface area contributed by atoms with E-state index in [0.29, 0.717) is 18.0 Å². The zero-order chi connectivity index (χ0) is 18.8. The largest absolute Gasteiger partial charge is 0.501 e. The number of nitrogens with zero attached hydrogens (tertiary/aromatic N) is 2. The van der Waals surface area contributed by atoms with E-state index >= 15 is 0 Å². The van der Waals surface area contributed by atoms with Crippen molar-refractivity contribution in [2.75, 3.05) is 6.54 Å². The molecule has 1 saturated heterocycles. The zero-order valence-corrected chi connectivity index (χ0v) is 16.2. The van der Waals surface area contributed by atoms with Crippen LogP contribution in [0.4, 0.5) is 10.5 Å². The van der Waals surface area contributed by atoms with Gasteiger partial charge in [0.25, 0.3) is 11.1 Å². The van der Waals surface area contributed by atoms with Gasteiger partial charge < -0.3 is 5.11 Å². The number of hydrogen-bond donors (Lipinski definition) is 1. The molecule has 2 amide bonds. The van der Waals surface area contributed by atoms with Crippen LogP contribution in [0.1, 0.15) is 37.7 Å². The van der Waals surface area contributed by atoms with E-state index in [0.717, 1.165) is 37.4 Å². The van der Waals surface area contributed by atoms with E-state index in [4.69, 9.17) is 0 Å². The molecular weight excluding hydrogens is 424 g/mol. The number of amides is 2. The molecule has 0 atom stereocenters. The summed E-state index contributed by atoms with van der Waals surface area (Å²) in [5, 5.41) is 20.4. The van der Waals surface area contributed by atoms with Crippen LogP contribution in [-0.4, -0.2) is 32.6 Å². The molecule has 138 valence electrons. The minimum absolute atomic E-state index is 0.152. The highest BCUT2D eigenvalue weighted by Gasteiger charge is 2.36. The number of thioether (sulfide) groups is 1. The quantitative estimate of drug-likeness (QED) is 0.414. The molecule has 1 aliphatic carbocycles.